The first kappa shape index (κ1) is 21.6. The zero-order chi connectivity index (χ0) is 22.7. The van der Waals surface area contributed by atoms with Crippen LogP contribution in [0.25, 0.3) is 0 Å². The van der Waals surface area contributed by atoms with Gasteiger partial charge in [0.05, 0.1) is 17.2 Å². The van der Waals surface area contributed by atoms with Crippen LogP contribution in [0.3, 0.4) is 0 Å². The molecule has 31 heavy (non-hydrogen) atoms. The molecule has 0 fully saturated rings. The number of nitrogens with zero attached hydrogens (tertiary/aromatic N) is 3. The molecule has 2 aromatic rings. The Hall–Kier alpha value is -4.14. The number of hydrogen-bond donors (Lipinski definition) is 1. The maximum Gasteiger partial charge on any atom is 0.343 e. The highest BCUT2D eigenvalue weighted by atomic mass is 16.6. The molecule has 1 N–H and O–H groups in total. The number of aliphatic hydroxyl groups is 1. The summed E-state index contributed by atoms with van der Waals surface area (Å²) in [5, 5.41) is 21.1. The molecule has 0 atom stereocenters. The molecule has 1 aliphatic heterocycles. The lowest BCUT2D eigenvalue weighted by molar-refractivity contribution is -0.385. The first-order valence-corrected chi connectivity index (χ1v) is 9.38. The van der Waals surface area contributed by atoms with E-state index in [1.165, 1.54) is 32.0 Å². The standard InChI is InChI=1S/C22H19N3O6/c1-4-31-22(28)18(13(3)26)19-15-7-5-6-8-16(15)20(23-19)24-21(27)14-9-10-17(25(29)30)12(2)11-14/h5-11,26H,4H2,1-3H3. The van der Waals surface area contributed by atoms with Gasteiger partial charge < -0.3 is 9.84 Å². The van der Waals surface area contributed by atoms with Gasteiger partial charge in [-0.3, -0.25) is 14.9 Å². The molecule has 1 amide bonds. The summed E-state index contributed by atoms with van der Waals surface area (Å²) < 4.78 is 5.02. The normalized spacial score (nSPS) is 14.5. The lowest BCUT2D eigenvalue weighted by atomic mass is 9.99. The molecule has 0 bridgehead atoms. The fourth-order valence-electron chi connectivity index (χ4n) is 3.16. The van der Waals surface area contributed by atoms with E-state index >= 15 is 0 Å². The van der Waals surface area contributed by atoms with Gasteiger partial charge in [-0.05, 0) is 32.9 Å². The van der Waals surface area contributed by atoms with E-state index in [0.29, 0.717) is 16.7 Å². The van der Waals surface area contributed by atoms with E-state index in [0.717, 1.165) is 0 Å². The van der Waals surface area contributed by atoms with Crippen LogP contribution in [0, 0.1) is 17.0 Å². The Morgan fingerprint density at radius 1 is 1.19 bits per heavy atom. The van der Waals surface area contributed by atoms with Crippen LogP contribution in [-0.4, -0.2) is 40.1 Å². The number of carbonyl (C=O) groups is 2. The molecule has 9 heteroatoms. The van der Waals surface area contributed by atoms with Crippen molar-refractivity contribution >= 4 is 29.1 Å². The van der Waals surface area contributed by atoms with E-state index in [-0.39, 0.29) is 40.7 Å². The van der Waals surface area contributed by atoms with Crippen LogP contribution >= 0.6 is 0 Å². The number of ether oxygens (including phenoxy) is 1. The quantitative estimate of drug-likeness (QED) is 0.257. The number of allylic oxidation sites excluding steroid dienone is 1. The number of benzene rings is 2. The number of esters is 1. The zero-order valence-electron chi connectivity index (χ0n) is 17.1. The number of carbonyl (C=O) groups excluding carboxylic acids is 2. The number of aliphatic hydroxyl groups excluding tert-OH is 1. The molecule has 0 unspecified atom stereocenters. The second-order valence-corrected chi connectivity index (χ2v) is 6.69. The monoisotopic (exact) mass is 421 g/mol. The summed E-state index contributed by atoms with van der Waals surface area (Å²) in [7, 11) is 0. The number of amides is 1. The lowest BCUT2D eigenvalue weighted by Crippen LogP contribution is -2.18. The molecule has 2 aromatic carbocycles. The summed E-state index contributed by atoms with van der Waals surface area (Å²) in [6.07, 6.45) is 0. The summed E-state index contributed by atoms with van der Waals surface area (Å²) in [4.78, 5) is 43.9. The molecule has 9 nitrogen and oxygen atoms in total. The van der Waals surface area contributed by atoms with Crippen LogP contribution in [0.2, 0.25) is 0 Å². The molecule has 1 aliphatic rings. The molecular weight excluding hydrogens is 402 g/mol. The fourth-order valence-corrected chi connectivity index (χ4v) is 3.16. The van der Waals surface area contributed by atoms with Gasteiger partial charge in [-0.25, -0.2) is 9.79 Å². The topological polar surface area (TPSA) is 131 Å². The van der Waals surface area contributed by atoms with Crippen molar-refractivity contribution < 1.29 is 24.4 Å². The number of rotatable bonds is 5. The van der Waals surface area contributed by atoms with E-state index in [9.17, 15) is 24.8 Å². The summed E-state index contributed by atoms with van der Waals surface area (Å²) in [5.74, 6) is -1.59. The smallest absolute Gasteiger partial charge is 0.343 e. The van der Waals surface area contributed by atoms with Crippen LogP contribution in [0.1, 0.15) is 40.9 Å². The zero-order valence-corrected chi connectivity index (χ0v) is 17.1. The second kappa shape index (κ2) is 8.70. The van der Waals surface area contributed by atoms with Crippen molar-refractivity contribution in [3.63, 3.8) is 0 Å². The molecule has 3 rings (SSSR count). The Bertz CT molecular complexity index is 1190. The third-order valence-electron chi connectivity index (χ3n) is 4.57. The Morgan fingerprint density at radius 3 is 2.45 bits per heavy atom. The number of amidine groups is 1. The number of fused-ring (bicyclic) bond motifs is 1. The van der Waals surface area contributed by atoms with E-state index in [2.05, 4.69) is 9.98 Å². The van der Waals surface area contributed by atoms with Crippen LogP contribution in [0.5, 0.6) is 0 Å². The van der Waals surface area contributed by atoms with Gasteiger partial charge in [-0.2, -0.15) is 4.99 Å². The van der Waals surface area contributed by atoms with Crippen molar-refractivity contribution in [1.82, 2.24) is 0 Å². The van der Waals surface area contributed by atoms with Crippen LogP contribution in [0.4, 0.5) is 5.69 Å². The summed E-state index contributed by atoms with van der Waals surface area (Å²) in [5.41, 5.74) is 1.46. The lowest BCUT2D eigenvalue weighted by Gasteiger charge is -2.08. The molecule has 1 heterocycles. The Balaban J connectivity index is 2.07. The van der Waals surface area contributed by atoms with Gasteiger partial charge in [0.1, 0.15) is 11.3 Å². The number of nitro benzene ring substituents is 1. The van der Waals surface area contributed by atoms with Gasteiger partial charge in [-0.1, -0.05) is 24.3 Å². The maximum absolute atomic E-state index is 12.7. The highest BCUT2D eigenvalue weighted by molar-refractivity contribution is 6.36. The SMILES string of the molecule is CCOC(=O)C(C1=NC(=NC(=O)c2ccc([N+](=O)[O-])c(C)c2)c2ccccc21)=C(C)O. The second-order valence-electron chi connectivity index (χ2n) is 6.69. The Kier molecular flexibility index (Phi) is 6.05. The fraction of sp³-hybridized carbons (Fsp3) is 0.182. The number of hydrogen-bond acceptors (Lipinski definition) is 6. The van der Waals surface area contributed by atoms with Gasteiger partial charge in [0.15, 0.2) is 5.84 Å². The van der Waals surface area contributed by atoms with Crippen molar-refractivity contribution in [3.05, 3.63) is 86.2 Å². The molecule has 0 aliphatic carbocycles. The highest BCUT2D eigenvalue weighted by Gasteiger charge is 2.30. The first-order valence-electron chi connectivity index (χ1n) is 9.38. The Labute approximate surface area is 177 Å². The van der Waals surface area contributed by atoms with Gasteiger partial charge in [0, 0.05) is 28.3 Å². The van der Waals surface area contributed by atoms with Gasteiger partial charge >= 0.3 is 5.97 Å². The largest absolute Gasteiger partial charge is 0.512 e. The molecule has 0 aromatic heterocycles. The highest BCUT2D eigenvalue weighted by Crippen LogP contribution is 2.26. The molecule has 0 saturated carbocycles. The van der Waals surface area contributed by atoms with Crippen molar-refractivity contribution in [2.45, 2.75) is 20.8 Å². The summed E-state index contributed by atoms with van der Waals surface area (Å²) in [6.45, 7) is 4.63. The molecule has 0 spiro atoms. The predicted molar refractivity (Wildman–Crippen MR) is 114 cm³/mol. The van der Waals surface area contributed by atoms with Crippen LogP contribution < -0.4 is 0 Å². The number of aliphatic imine (C=N–C) groups is 2. The third kappa shape index (κ3) is 4.25. The summed E-state index contributed by atoms with van der Waals surface area (Å²) in [6, 6.07) is 10.8. The van der Waals surface area contributed by atoms with Gasteiger partial charge in [0.25, 0.3) is 11.6 Å². The number of nitro groups is 1. The van der Waals surface area contributed by atoms with Gasteiger partial charge in [0.2, 0.25) is 0 Å². The molecule has 158 valence electrons. The minimum Gasteiger partial charge on any atom is -0.512 e. The number of aryl methyl sites for hydroxylation is 1. The average Bonchev–Trinajstić information content (AvgIpc) is 3.06. The van der Waals surface area contributed by atoms with E-state index in [1.54, 1.807) is 31.2 Å². The van der Waals surface area contributed by atoms with Gasteiger partial charge in [-0.15, -0.1) is 0 Å². The van der Waals surface area contributed by atoms with Crippen LogP contribution in [-0.2, 0) is 9.53 Å². The third-order valence-corrected chi connectivity index (χ3v) is 4.57. The van der Waals surface area contributed by atoms with E-state index in [4.69, 9.17) is 4.74 Å². The van der Waals surface area contributed by atoms with Crippen LogP contribution in [0.15, 0.2) is 63.8 Å². The maximum atomic E-state index is 12.7. The van der Waals surface area contributed by atoms with Crippen molar-refractivity contribution in [2.24, 2.45) is 9.98 Å². The minimum absolute atomic E-state index is 0.0645. The average molecular weight is 421 g/mol. The van der Waals surface area contributed by atoms with Crippen molar-refractivity contribution in [2.75, 3.05) is 6.61 Å². The predicted octanol–water partition coefficient (Wildman–Crippen LogP) is 3.69. The van der Waals surface area contributed by atoms with Crippen molar-refractivity contribution in [1.29, 1.82) is 0 Å². The van der Waals surface area contributed by atoms with Crippen molar-refractivity contribution in [3.8, 4) is 0 Å². The first-order chi connectivity index (χ1) is 14.7. The van der Waals surface area contributed by atoms with E-state index < -0.39 is 16.8 Å². The van der Waals surface area contributed by atoms with E-state index in [1.807, 2.05) is 0 Å². The molecular formula is C22H19N3O6. The summed E-state index contributed by atoms with van der Waals surface area (Å²) >= 11 is 0. The molecule has 0 saturated heterocycles. The Morgan fingerprint density at radius 2 is 1.87 bits per heavy atom. The molecule has 0 radical (unpaired) electrons. The minimum atomic E-state index is -0.741.